The van der Waals surface area contributed by atoms with Crippen LogP contribution < -0.4 is 5.32 Å². The summed E-state index contributed by atoms with van der Waals surface area (Å²) in [6, 6.07) is 2.84. The van der Waals surface area contributed by atoms with Gasteiger partial charge in [0.15, 0.2) is 0 Å². The average molecular weight is 301 g/mol. The van der Waals surface area contributed by atoms with Crippen molar-refractivity contribution in [1.82, 2.24) is 0 Å². The van der Waals surface area contributed by atoms with Crippen LogP contribution in [0.15, 0.2) is 12.1 Å². The number of hydrogen-bond donors (Lipinski definition) is 2. The first-order chi connectivity index (χ1) is 9.12. The zero-order chi connectivity index (χ0) is 15.5. The van der Waals surface area contributed by atoms with E-state index in [1.165, 1.54) is 12.1 Å². The molecule has 5 nitrogen and oxygen atoms in total. The van der Waals surface area contributed by atoms with Crippen LogP contribution in [0.5, 0.6) is 0 Å². The molecule has 0 aliphatic heterocycles. The lowest BCUT2D eigenvalue weighted by atomic mass is 9.87. The van der Waals surface area contributed by atoms with Gasteiger partial charge in [0.25, 0.3) is 5.69 Å². The third kappa shape index (κ3) is 4.65. The molecule has 0 aliphatic rings. The van der Waals surface area contributed by atoms with Crippen LogP contribution in [0, 0.1) is 22.5 Å². The zero-order valence-corrected chi connectivity index (χ0v) is 13.0. The van der Waals surface area contributed by atoms with E-state index in [0.29, 0.717) is 23.7 Å². The monoisotopic (exact) mass is 300 g/mol. The Hall–Kier alpha value is -1.33. The van der Waals surface area contributed by atoms with Crippen LogP contribution in [0.25, 0.3) is 0 Å². The van der Waals surface area contributed by atoms with E-state index in [-0.39, 0.29) is 17.2 Å². The fourth-order valence-electron chi connectivity index (χ4n) is 2.25. The van der Waals surface area contributed by atoms with Crippen LogP contribution >= 0.6 is 11.6 Å². The number of anilines is 1. The number of nitro groups is 1. The Balaban J connectivity index is 2.86. The van der Waals surface area contributed by atoms with Gasteiger partial charge in [-0.3, -0.25) is 10.1 Å². The number of aliphatic hydroxyl groups excluding tert-OH is 1. The summed E-state index contributed by atoms with van der Waals surface area (Å²) in [5.41, 5.74) is 1.32. The Kier molecular flexibility index (Phi) is 5.36. The topological polar surface area (TPSA) is 75.4 Å². The van der Waals surface area contributed by atoms with E-state index in [0.717, 1.165) is 5.56 Å². The average Bonchev–Trinajstić information content (AvgIpc) is 2.25. The molecule has 0 spiro atoms. The van der Waals surface area contributed by atoms with Gasteiger partial charge in [0.1, 0.15) is 0 Å². The standard InChI is InChI=1S/C14H21ClN2O3/c1-9-5-11(17(19)20)6-12(15)13(9)16-8-14(3,4)7-10(2)18/h5-6,10,16,18H,7-8H2,1-4H3. The number of nitro benzene ring substituents is 1. The molecular weight excluding hydrogens is 280 g/mol. The van der Waals surface area contributed by atoms with Gasteiger partial charge in [-0.15, -0.1) is 0 Å². The molecule has 0 saturated heterocycles. The zero-order valence-electron chi connectivity index (χ0n) is 12.2. The SMILES string of the molecule is Cc1cc([N+](=O)[O-])cc(Cl)c1NCC(C)(C)CC(C)O. The first-order valence-electron chi connectivity index (χ1n) is 6.49. The highest BCUT2D eigenvalue weighted by Crippen LogP contribution is 2.32. The first-order valence-corrected chi connectivity index (χ1v) is 6.86. The minimum atomic E-state index is -0.458. The van der Waals surface area contributed by atoms with Crippen molar-refractivity contribution in [3.63, 3.8) is 0 Å². The molecule has 2 N–H and O–H groups in total. The minimum Gasteiger partial charge on any atom is -0.393 e. The fourth-order valence-corrected chi connectivity index (χ4v) is 2.58. The van der Waals surface area contributed by atoms with E-state index in [1.807, 2.05) is 13.8 Å². The molecule has 1 atom stereocenters. The Morgan fingerprint density at radius 1 is 1.50 bits per heavy atom. The molecule has 20 heavy (non-hydrogen) atoms. The molecule has 0 aliphatic carbocycles. The van der Waals surface area contributed by atoms with Gasteiger partial charge in [0.05, 0.1) is 21.7 Å². The molecule has 0 fully saturated rings. The van der Waals surface area contributed by atoms with Crippen molar-refractivity contribution < 1.29 is 10.0 Å². The Bertz CT molecular complexity index is 478. The van der Waals surface area contributed by atoms with Crippen LogP contribution in [-0.2, 0) is 0 Å². The molecule has 1 rings (SSSR count). The van der Waals surface area contributed by atoms with Gasteiger partial charge in [-0.05, 0) is 31.2 Å². The number of benzene rings is 1. The molecule has 6 heteroatoms. The van der Waals surface area contributed by atoms with Crippen LogP contribution in [0.1, 0.15) is 32.8 Å². The molecule has 0 bridgehead atoms. The first kappa shape index (κ1) is 16.7. The maximum atomic E-state index is 10.8. The molecule has 112 valence electrons. The second-order valence-corrected chi connectivity index (χ2v) is 6.35. The second-order valence-electron chi connectivity index (χ2n) is 5.95. The summed E-state index contributed by atoms with van der Waals surface area (Å²) >= 11 is 6.10. The molecule has 1 unspecified atom stereocenters. The normalized spacial score (nSPS) is 13.1. The van der Waals surface area contributed by atoms with E-state index in [4.69, 9.17) is 11.6 Å². The maximum Gasteiger partial charge on any atom is 0.271 e. The van der Waals surface area contributed by atoms with Crippen molar-refractivity contribution in [3.05, 3.63) is 32.8 Å². The number of non-ortho nitro benzene ring substituents is 1. The molecular formula is C14H21ClN2O3. The van der Waals surface area contributed by atoms with Crippen molar-refractivity contribution in [3.8, 4) is 0 Å². The van der Waals surface area contributed by atoms with Gasteiger partial charge in [0, 0.05) is 18.7 Å². The predicted octanol–water partition coefficient (Wildman–Crippen LogP) is 3.77. The third-order valence-corrected chi connectivity index (χ3v) is 3.37. The number of rotatable bonds is 6. The number of aryl methyl sites for hydroxylation is 1. The number of nitrogens with zero attached hydrogens (tertiary/aromatic N) is 1. The van der Waals surface area contributed by atoms with Gasteiger partial charge >= 0.3 is 0 Å². The molecule has 1 aromatic carbocycles. The van der Waals surface area contributed by atoms with Crippen LogP contribution in [0.3, 0.4) is 0 Å². The van der Waals surface area contributed by atoms with Gasteiger partial charge < -0.3 is 10.4 Å². The summed E-state index contributed by atoms with van der Waals surface area (Å²) < 4.78 is 0. The molecule has 0 aromatic heterocycles. The van der Waals surface area contributed by atoms with Crippen molar-refractivity contribution in [2.75, 3.05) is 11.9 Å². The van der Waals surface area contributed by atoms with E-state index < -0.39 is 4.92 Å². The highest BCUT2D eigenvalue weighted by atomic mass is 35.5. The number of nitrogens with one attached hydrogen (secondary N) is 1. The Morgan fingerprint density at radius 3 is 2.55 bits per heavy atom. The molecule has 0 saturated carbocycles. The Labute approximate surface area is 124 Å². The van der Waals surface area contributed by atoms with Gasteiger partial charge in [-0.2, -0.15) is 0 Å². The van der Waals surface area contributed by atoms with E-state index in [2.05, 4.69) is 5.32 Å². The number of aliphatic hydroxyl groups is 1. The number of halogens is 1. The predicted molar refractivity (Wildman–Crippen MR) is 81.4 cm³/mol. The van der Waals surface area contributed by atoms with Crippen molar-refractivity contribution in [2.45, 2.75) is 40.2 Å². The van der Waals surface area contributed by atoms with Gasteiger partial charge in [-0.25, -0.2) is 0 Å². The lowest BCUT2D eigenvalue weighted by Gasteiger charge is -2.27. The molecule has 0 heterocycles. The summed E-state index contributed by atoms with van der Waals surface area (Å²) in [6.07, 6.45) is 0.282. The van der Waals surface area contributed by atoms with Crippen LogP contribution in [-0.4, -0.2) is 22.7 Å². The molecule has 0 amide bonds. The smallest absolute Gasteiger partial charge is 0.271 e. The quantitative estimate of drug-likeness (QED) is 0.619. The summed E-state index contributed by atoms with van der Waals surface area (Å²) in [4.78, 5) is 10.3. The highest BCUT2D eigenvalue weighted by molar-refractivity contribution is 6.33. The lowest BCUT2D eigenvalue weighted by molar-refractivity contribution is -0.384. The van der Waals surface area contributed by atoms with Crippen LogP contribution in [0.2, 0.25) is 5.02 Å². The largest absolute Gasteiger partial charge is 0.393 e. The summed E-state index contributed by atoms with van der Waals surface area (Å²) in [5.74, 6) is 0. The van der Waals surface area contributed by atoms with Crippen molar-refractivity contribution in [2.24, 2.45) is 5.41 Å². The third-order valence-electron chi connectivity index (χ3n) is 3.07. The van der Waals surface area contributed by atoms with E-state index in [9.17, 15) is 15.2 Å². The number of hydrogen-bond acceptors (Lipinski definition) is 4. The molecule has 1 aromatic rings. The summed E-state index contributed by atoms with van der Waals surface area (Å²) in [6.45, 7) is 8.24. The summed E-state index contributed by atoms with van der Waals surface area (Å²) in [5, 5.41) is 23.8. The maximum absolute atomic E-state index is 10.8. The lowest BCUT2D eigenvalue weighted by Crippen LogP contribution is -2.27. The fraction of sp³-hybridized carbons (Fsp3) is 0.571. The Morgan fingerprint density at radius 2 is 2.10 bits per heavy atom. The van der Waals surface area contributed by atoms with Crippen molar-refractivity contribution >= 4 is 23.0 Å². The van der Waals surface area contributed by atoms with Gasteiger partial charge in [0.2, 0.25) is 0 Å². The molecule has 0 radical (unpaired) electrons. The van der Waals surface area contributed by atoms with Crippen LogP contribution in [0.4, 0.5) is 11.4 Å². The highest BCUT2D eigenvalue weighted by Gasteiger charge is 2.21. The minimum absolute atomic E-state index is 0.0127. The van der Waals surface area contributed by atoms with E-state index >= 15 is 0 Å². The van der Waals surface area contributed by atoms with Crippen molar-refractivity contribution in [1.29, 1.82) is 0 Å². The second kappa shape index (κ2) is 6.41. The summed E-state index contributed by atoms with van der Waals surface area (Å²) in [7, 11) is 0. The van der Waals surface area contributed by atoms with E-state index in [1.54, 1.807) is 13.8 Å². The van der Waals surface area contributed by atoms with Gasteiger partial charge in [-0.1, -0.05) is 25.4 Å².